The summed E-state index contributed by atoms with van der Waals surface area (Å²) in [5.41, 5.74) is 0.0730. The van der Waals surface area contributed by atoms with E-state index in [-0.39, 0.29) is 5.70 Å². The summed E-state index contributed by atoms with van der Waals surface area (Å²) in [4.78, 5) is 24.0. The molecule has 7 heteroatoms. The summed E-state index contributed by atoms with van der Waals surface area (Å²) in [6.07, 6.45) is 0.831. The zero-order valence-corrected chi connectivity index (χ0v) is 19.0. The average Bonchev–Trinajstić information content (AvgIpc) is 2.65. The molecule has 1 amide bonds. The number of rotatable bonds is 8. The molecule has 0 radical (unpaired) electrons. The van der Waals surface area contributed by atoms with Gasteiger partial charge >= 0.3 is 12.1 Å². The summed E-state index contributed by atoms with van der Waals surface area (Å²) in [5.74, 6) is 0.176. The Morgan fingerprint density at radius 1 is 1.04 bits per heavy atom. The Kier molecular flexibility index (Phi) is 8.75. The van der Waals surface area contributed by atoms with Crippen molar-refractivity contribution in [1.82, 2.24) is 5.32 Å². The second kappa shape index (κ2) is 10.3. The first-order valence-corrected chi connectivity index (χ1v) is 12.2. The quantitative estimate of drug-likeness (QED) is 0.368. The zero-order chi connectivity index (χ0) is 21.4. The topological polar surface area (TPSA) is 73.9 Å². The van der Waals surface area contributed by atoms with Gasteiger partial charge in [-0.1, -0.05) is 32.9 Å². The SMILES string of the molecule is CC[Si](CC)(CC)Oc1ccc(/C=C(\NC(=O)OC(C)(C)C)C(=O)OC)cc1. The number of carbonyl (C=O) groups is 2. The Morgan fingerprint density at radius 2 is 1.57 bits per heavy atom. The van der Waals surface area contributed by atoms with Gasteiger partial charge in [0.2, 0.25) is 8.32 Å². The Hall–Kier alpha value is -2.28. The van der Waals surface area contributed by atoms with Crippen LogP contribution in [0.4, 0.5) is 4.79 Å². The molecule has 0 aliphatic rings. The summed E-state index contributed by atoms with van der Waals surface area (Å²) in [5, 5.41) is 2.45. The van der Waals surface area contributed by atoms with Gasteiger partial charge in [0.1, 0.15) is 17.0 Å². The lowest BCUT2D eigenvalue weighted by Gasteiger charge is -2.29. The maximum Gasteiger partial charge on any atom is 0.412 e. The third-order valence-corrected chi connectivity index (χ3v) is 9.03. The molecule has 0 unspecified atom stereocenters. The Balaban J connectivity index is 3.00. The third kappa shape index (κ3) is 7.38. The smallest absolute Gasteiger partial charge is 0.412 e. The van der Waals surface area contributed by atoms with Crippen LogP contribution < -0.4 is 9.74 Å². The van der Waals surface area contributed by atoms with Crippen LogP contribution in [0.2, 0.25) is 18.1 Å². The number of esters is 1. The minimum Gasteiger partial charge on any atom is -0.544 e. The first kappa shape index (κ1) is 23.8. The van der Waals surface area contributed by atoms with E-state index in [4.69, 9.17) is 13.9 Å². The largest absolute Gasteiger partial charge is 0.544 e. The first-order chi connectivity index (χ1) is 13.1. The highest BCUT2D eigenvalue weighted by molar-refractivity contribution is 6.74. The van der Waals surface area contributed by atoms with Gasteiger partial charge in [0.15, 0.2) is 0 Å². The maximum atomic E-state index is 12.0. The number of ether oxygens (including phenoxy) is 2. The number of hydrogen-bond acceptors (Lipinski definition) is 5. The standard InChI is InChI=1S/C21H33NO5Si/c1-8-28(9-2,10-3)27-17-13-11-16(12-14-17)15-18(19(23)25-7)22-20(24)26-21(4,5)6/h11-15H,8-10H2,1-7H3,(H,22,24)/b18-15-. The summed E-state index contributed by atoms with van der Waals surface area (Å²) in [6, 6.07) is 10.6. The molecule has 0 saturated carbocycles. The molecule has 0 atom stereocenters. The lowest BCUT2D eigenvalue weighted by molar-refractivity contribution is -0.136. The van der Waals surface area contributed by atoms with Gasteiger partial charge < -0.3 is 13.9 Å². The van der Waals surface area contributed by atoms with Gasteiger partial charge in [-0.15, -0.1) is 0 Å². The molecule has 156 valence electrons. The highest BCUT2D eigenvalue weighted by Crippen LogP contribution is 2.26. The van der Waals surface area contributed by atoms with Gasteiger partial charge in [0.05, 0.1) is 7.11 Å². The zero-order valence-electron chi connectivity index (χ0n) is 18.0. The molecule has 1 N–H and O–H groups in total. The molecule has 0 heterocycles. The molecule has 0 aliphatic carbocycles. The van der Waals surface area contributed by atoms with E-state index in [0.717, 1.165) is 29.4 Å². The minimum absolute atomic E-state index is 0.00446. The van der Waals surface area contributed by atoms with Crippen LogP contribution in [0.1, 0.15) is 47.1 Å². The van der Waals surface area contributed by atoms with E-state index in [1.807, 2.05) is 24.3 Å². The van der Waals surface area contributed by atoms with Crippen LogP contribution in [-0.2, 0) is 14.3 Å². The summed E-state index contributed by atoms with van der Waals surface area (Å²) < 4.78 is 16.3. The molecule has 1 aromatic carbocycles. The lowest BCUT2D eigenvalue weighted by Crippen LogP contribution is -2.39. The lowest BCUT2D eigenvalue weighted by atomic mass is 10.2. The second-order valence-electron chi connectivity index (χ2n) is 7.59. The van der Waals surface area contributed by atoms with Crippen molar-refractivity contribution in [1.29, 1.82) is 0 Å². The van der Waals surface area contributed by atoms with Crippen LogP contribution in [0.5, 0.6) is 5.75 Å². The Bertz CT molecular complexity index is 679. The van der Waals surface area contributed by atoms with Gasteiger partial charge in [-0.2, -0.15) is 0 Å². The van der Waals surface area contributed by atoms with Gasteiger partial charge in [0, 0.05) is 0 Å². The van der Waals surface area contributed by atoms with Crippen LogP contribution in [0, 0.1) is 0 Å². The molecule has 0 fully saturated rings. The van der Waals surface area contributed by atoms with E-state index in [9.17, 15) is 9.59 Å². The highest BCUT2D eigenvalue weighted by atomic mass is 28.4. The number of benzene rings is 1. The van der Waals surface area contributed by atoms with Crippen LogP contribution >= 0.6 is 0 Å². The fourth-order valence-electron chi connectivity index (χ4n) is 2.68. The van der Waals surface area contributed by atoms with Crippen molar-refractivity contribution >= 4 is 26.5 Å². The highest BCUT2D eigenvalue weighted by Gasteiger charge is 2.30. The van der Waals surface area contributed by atoms with Crippen molar-refractivity contribution in [2.24, 2.45) is 0 Å². The molecular formula is C21H33NO5Si. The summed E-state index contributed by atoms with van der Waals surface area (Å²) >= 11 is 0. The molecule has 0 spiro atoms. The summed E-state index contributed by atoms with van der Waals surface area (Å²) in [6.45, 7) is 11.8. The number of amides is 1. The van der Waals surface area contributed by atoms with Crippen molar-refractivity contribution < 1.29 is 23.5 Å². The molecule has 0 saturated heterocycles. The average molecular weight is 408 g/mol. The van der Waals surface area contributed by atoms with Crippen molar-refractivity contribution in [2.75, 3.05) is 7.11 Å². The summed E-state index contributed by atoms with van der Waals surface area (Å²) in [7, 11) is -0.481. The molecule has 28 heavy (non-hydrogen) atoms. The van der Waals surface area contributed by atoms with Crippen LogP contribution in [0.15, 0.2) is 30.0 Å². The molecule has 1 aromatic rings. The van der Waals surface area contributed by atoms with E-state index in [1.165, 1.54) is 7.11 Å². The van der Waals surface area contributed by atoms with Gasteiger partial charge in [-0.05, 0) is 62.7 Å². The normalized spacial score (nSPS) is 12.3. The van der Waals surface area contributed by atoms with E-state index >= 15 is 0 Å². The fraction of sp³-hybridized carbons (Fsp3) is 0.524. The van der Waals surface area contributed by atoms with Crippen molar-refractivity contribution in [3.63, 3.8) is 0 Å². The van der Waals surface area contributed by atoms with Crippen LogP contribution in [0.3, 0.4) is 0 Å². The molecule has 6 nitrogen and oxygen atoms in total. The molecule has 0 aromatic heterocycles. The van der Waals surface area contributed by atoms with Gasteiger partial charge in [-0.3, -0.25) is 5.32 Å². The molecule has 0 bridgehead atoms. The van der Waals surface area contributed by atoms with Gasteiger partial charge in [0.25, 0.3) is 0 Å². The minimum atomic E-state index is -1.74. The predicted molar refractivity (Wildman–Crippen MR) is 114 cm³/mol. The number of alkyl carbamates (subject to hydrolysis) is 1. The van der Waals surface area contributed by atoms with E-state index in [2.05, 4.69) is 26.1 Å². The molecular weight excluding hydrogens is 374 g/mol. The fourth-order valence-corrected chi connectivity index (χ4v) is 5.25. The van der Waals surface area contributed by atoms with E-state index < -0.39 is 26.0 Å². The monoisotopic (exact) mass is 407 g/mol. The predicted octanol–water partition coefficient (Wildman–Crippen LogP) is 5.11. The van der Waals surface area contributed by atoms with Crippen molar-refractivity contribution in [3.8, 4) is 5.75 Å². The number of carbonyl (C=O) groups excluding carboxylic acids is 2. The second-order valence-corrected chi connectivity index (χ2v) is 12.3. The van der Waals surface area contributed by atoms with Crippen molar-refractivity contribution in [2.45, 2.75) is 65.3 Å². The van der Waals surface area contributed by atoms with Gasteiger partial charge in [-0.25, -0.2) is 9.59 Å². The number of methoxy groups -OCH3 is 1. The number of nitrogens with one attached hydrogen (secondary N) is 1. The maximum absolute atomic E-state index is 12.0. The Labute approximate surface area is 169 Å². The molecule has 0 aliphatic heterocycles. The van der Waals surface area contributed by atoms with E-state index in [0.29, 0.717) is 0 Å². The number of hydrogen-bond donors (Lipinski definition) is 1. The third-order valence-electron chi connectivity index (χ3n) is 4.50. The van der Waals surface area contributed by atoms with E-state index in [1.54, 1.807) is 26.8 Å². The van der Waals surface area contributed by atoms with Crippen LogP contribution in [0.25, 0.3) is 6.08 Å². The Morgan fingerprint density at radius 3 is 2.00 bits per heavy atom. The molecule has 1 rings (SSSR count). The van der Waals surface area contributed by atoms with Crippen LogP contribution in [-0.4, -0.2) is 33.1 Å². The van der Waals surface area contributed by atoms with Crippen molar-refractivity contribution in [3.05, 3.63) is 35.5 Å². The first-order valence-electron chi connectivity index (χ1n) is 9.67.